The van der Waals surface area contributed by atoms with Crippen LogP contribution in [0.4, 0.5) is 0 Å². The zero-order chi connectivity index (χ0) is 21.2. The van der Waals surface area contributed by atoms with Gasteiger partial charge in [-0.1, -0.05) is 30.3 Å². The molecular weight excluding hydrogens is 392 g/mol. The van der Waals surface area contributed by atoms with Gasteiger partial charge in [0.2, 0.25) is 15.9 Å². The summed E-state index contributed by atoms with van der Waals surface area (Å²) in [6.45, 7) is 6.71. The van der Waals surface area contributed by atoms with E-state index in [1.165, 1.54) is 8.99 Å². The number of ether oxygens (including phenoxy) is 1. The van der Waals surface area contributed by atoms with Crippen LogP contribution in [0.1, 0.15) is 29.9 Å². The molecule has 1 aromatic heterocycles. The first-order valence-corrected chi connectivity index (χ1v) is 11.1. The number of aromatic nitrogens is 2. The van der Waals surface area contributed by atoms with Crippen molar-refractivity contribution in [1.82, 2.24) is 19.0 Å². The van der Waals surface area contributed by atoms with E-state index in [4.69, 9.17) is 4.74 Å². The maximum Gasteiger partial charge on any atom is 0.246 e. The van der Waals surface area contributed by atoms with Gasteiger partial charge in [-0.2, -0.15) is 9.40 Å². The molecule has 0 radical (unpaired) electrons. The molecule has 1 aliphatic heterocycles. The van der Waals surface area contributed by atoms with Crippen LogP contribution in [-0.2, 0) is 26.1 Å². The Balaban J connectivity index is 1.80. The molecule has 1 atom stereocenters. The number of carbonyl (C=O) groups excluding carboxylic acids is 1. The number of amides is 1. The van der Waals surface area contributed by atoms with Gasteiger partial charge in [-0.25, -0.2) is 8.42 Å². The number of hydrogen-bond acceptors (Lipinski definition) is 5. The lowest BCUT2D eigenvalue weighted by molar-refractivity contribution is -0.132. The van der Waals surface area contributed by atoms with Crippen LogP contribution in [0.3, 0.4) is 0 Å². The monoisotopic (exact) mass is 420 g/mol. The van der Waals surface area contributed by atoms with E-state index in [0.717, 1.165) is 5.56 Å². The first-order valence-electron chi connectivity index (χ1n) is 9.66. The zero-order valence-electron chi connectivity index (χ0n) is 17.3. The minimum Gasteiger partial charge on any atom is -0.379 e. The number of carbonyl (C=O) groups is 1. The van der Waals surface area contributed by atoms with Gasteiger partial charge in [-0.05, 0) is 26.3 Å². The highest BCUT2D eigenvalue weighted by atomic mass is 32.2. The van der Waals surface area contributed by atoms with E-state index in [2.05, 4.69) is 5.10 Å². The number of likely N-dealkylation sites (N-methyl/N-ethyl adjacent to an activating group) is 1. The summed E-state index contributed by atoms with van der Waals surface area (Å²) in [5.74, 6) is -0.137. The van der Waals surface area contributed by atoms with E-state index < -0.39 is 10.0 Å². The first kappa shape index (κ1) is 21.5. The topological polar surface area (TPSA) is 84.7 Å². The van der Waals surface area contributed by atoms with Crippen molar-refractivity contribution in [2.45, 2.75) is 38.3 Å². The largest absolute Gasteiger partial charge is 0.379 e. The van der Waals surface area contributed by atoms with Crippen LogP contribution in [0.25, 0.3) is 0 Å². The van der Waals surface area contributed by atoms with Crippen molar-refractivity contribution < 1.29 is 17.9 Å². The lowest BCUT2D eigenvalue weighted by atomic mass is 10.1. The van der Waals surface area contributed by atoms with Crippen LogP contribution in [-0.4, -0.2) is 66.7 Å². The Kier molecular flexibility index (Phi) is 6.40. The van der Waals surface area contributed by atoms with E-state index in [0.29, 0.717) is 37.7 Å². The average Bonchev–Trinajstić information content (AvgIpc) is 3.01. The molecule has 8 nitrogen and oxygen atoms in total. The molecule has 2 heterocycles. The summed E-state index contributed by atoms with van der Waals surface area (Å²) in [7, 11) is -1.93. The van der Waals surface area contributed by atoms with E-state index in [1.54, 1.807) is 25.8 Å². The molecule has 0 aliphatic carbocycles. The summed E-state index contributed by atoms with van der Waals surface area (Å²) < 4.78 is 34.3. The number of benzene rings is 1. The number of rotatable bonds is 6. The first-order chi connectivity index (χ1) is 13.7. The van der Waals surface area contributed by atoms with Crippen molar-refractivity contribution in [3.63, 3.8) is 0 Å². The van der Waals surface area contributed by atoms with Crippen LogP contribution >= 0.6 is 0 Å². The lowest BCUT2D eigenvalue weighted by Gasteiger charge is -2.26. The number of nitrogens with zero attached hydrogens (tertiary/aromatic N) is 4. The van der Waals surface area contributed by atoms with Gasteiger partial charge in [-0.15, -0.1) is 0 Å². The highest BCUT2D eigenvalue weighted by molar-refractivity contribution is 7.89. The molecule has 1 aliphatic rings. The molecule has 2 aromatic rings. The fraction of sp³-hybridized carbons (Fsp3) is 0.500. The van der Waals surface area contributed by atoms with Crippen LogP contribution in [0.5, 0.6) is 0 Å². The third-order valence-electron chi connectivity index (χ3n) is 5.42. The molecule has 0 bridgehead atoms. The van der Waals surface area contributed by atoms with Crippen molar-refractivity contribution in [3.8, 4) is 0 Å². The Morgan fingerprint density at radius 2 is 1.83 bits per heavy atom. The molecule has 9 heteroatoms. The fourth-order valence-electron chi connectivity index (χ4n) is 3.53. The van der Waals surface area contributed by atoms with Crippen LogP contribution in [0.15, 0.2) is 35.2 Å². The highest BCUT2D eigenvalue weighted by Crippen LogP contribution is 2.25. The van der Waals surface area contributed by atoms with Crippen molar-refractivity contribution in [3.05, 3.63) is 47.3 Å². The molecule has 0 spiro atoms. The van der Waals surface area contributed by atoms with Gasteiger partial charge < -0.3 is 9.64 Å². The summed E-state index contributed by atoms with van der Waals surface area (Å²) in [4.78, 5) is 14.7. The Morgan fingerprint density at radius 3 is 2.45 bits per heavy atom. The van der Waals surface area contributed by atoms with Crippen molar-refractivity contribution in [1.29, 1.82) is 0 Å². The lowest BCUT2D eigenvalue weighted by Crippen LogP contribution is -2.41. The smallest absolute Gasteiger partial charge is 0.246 e. The molecular formula is C20H28N4O4S. The number of hydrogen-bond donors (Lipinski definition) is 0. The van der Waals surface area contributed by atoms with Crippen LogP contribution in [0.2, 0.25) is 0 Å². The van der Waals surface area contributed by atoms with E-state index >= 15 is 0 Å². The van der Waals surface area contributed by atoms with Gasteiger partial charge in [0.05, 0.1) is 30.6 Å². The summed E-state index contributed by atoms with van der Waals surface area (Å²) >= 11 is 0. The second kappa shape index (κ2) is 8.64. The standard InChI is InChI=1S/C20H28N4O4S/c1-15-20(29(26,27)23-10-12-28-13-11-23)17(3)24(21-15)14-19(25)22(4)16(2)18-8-6-5-7-9-18/h5-9,16H,10-14H2,1-4H3/t16-/m1/s1. The van der Waals surface area contributed by atoms with Gasteiger partial charge in [0.25, 0.3) is 0 Å². The SMILES string of the molecule is Cc1nn(CC(=O)N(C)[C@H](C)c2ccccc2)c(C)c1S(=O)(=O)N1CCOCC1. The van der Waals surface area contributed by atoms with Gasteiger partial charge >= 0.3 is 0 Å². The molecule has 1 amide bonds. The number of aryl methyl sites for hydroxylation is 1. The molecule has 0 N–H and O–H groups in total. The maximum absolute atomic E-state index is 13.1. The van der Waals surface area contributed by atoms with E-state index in [-0.39, 0.29) is 23.4 Å². The third-order valence-corrected chi connectivity index (χ3v) is 7.58. The predicted octanol–water partition coefficient (Wildman–Crippen LogP) is 1.74. The summed E-state index contributed by atoms with van der Waals surface area (Å²) in [6, 6.07) is 9.67. The molecule has 1 fully saturated rings. The second-order valence-electron chi connectivity index (χ2n) is 7.27. The minimum atomic E-state index is -3.67. The third kappa shape index (κ3) is 4.36. The van der Waals surface area contributed by atoms with Gasteiger partial charge in [0, 0.05) is 20.1 Å². The zero-order valence-corrected chi connectivity index (χ0v) is 18.1. The van der Waals surface area contributed by atoms with Crippen LogP contribution in [0, 0.1) is 13.8 Å². The molecule has 29 heavy (non-hydrogen) atoms. The molecule has 158 valence electrons. The molecule has 0 saturated carbocycles. The normalized spacial score (nSPS) is 16.6. The van der Waals surface area contributed by atoms with Gasteiger partial charge in [0.1, 0.15) is 11.4 Å². The number of sulfonamides is 1. The average molecular weight is 421 g/mol. The van der Waals surface area contributed by atoms with Crippen molar-refractivity contribution >= 4 is 15.9 Å². The van der Waals surface area contributed by atoms with E-state index in [9.17, 15) is 13.2 Å². The van der Waals surface area contributed by atoms with Gasteiger partial charge in [-0.3, -0.25) is 9.48 Å². The molecule has 0 unspecified atom stereocenters. The summed E-state index contributed by atoms with van der Waals surface area (Å²) in [6.07, 6.45) is 0. The van der Waals surface area contributed by atoms with Gasteiger partial charge in [0.15, 0.2) is 0 Å². The molecule has 1 saturated heterocycles. The predicted molar refractivity (Wildman–Crippen MR) is 109 cm³/mol. The van der Waals surface area contributed by atoms with Crippen LogP contribution < -0.4 is 0 Å². The maximum atomic E-state index is 13.1. The second-order valence-corrected chi connectivity index (χ2v) is 9.14. The summed E-state index contributed by atoms with van der Waals surface area (Å²) in [5.41, 5.74) is 1.91. The summed E-state index contributed by atoms with van der Waals surface area (Å²) in [5, 5.41) is 4.36. The molecule has 1 aromatic carbocycles. The number of morpholine rings is 1. The molecule has 3 rings (SSSR count). The quantitative estimate of drug-likeness (QED) is 0.711. The Morgan fingerprint density at radius 1 is 1.21 bits per heavy atom. The highest BCUT2D eigenvalue weighted by Gasteiger charge is 2.32. The van der Waals surface area contributed by atoms with Crippen molar-refractivity contribution in [2.75, 3.05) is 33.4 Å². The fourth-order valence-corrected chi connectivity index (χ4v) is 5.32. The Hall–Kier alpha value is -2.23. The minimum absolute atomic E-state index is 0.0149. The Bertz CT molecular complexity index is 966. The Labute approximate surface area is 172 Å². The van der Waals surface area contributed by atoms with Crippen molar-refractivity contribution in [2.24, 2.45) is 0 Å². The van der Waals surface area contributed by atoms with E-state index in [1.807, 2.05) is 37.3 Å².